The first-order valence-electron chi connectivity index (χ1n) is 6.16. The molecule has 0 aliphatic carbocycles. The van der Waals surface area contributed by atoms with Gasteiger partial charge in [0.1, 0.15) is 17.3 Å². The monoisotopic (exact) mass is 290 g/mol. The molecule has 2 aromatic rings. The van der Waals surface area contributed by atoms with Crippen molar-refractivity contribution in [3.05, 3.63) is 51.0 Å². The number of rotatable bonds is 3. The van der Waals surface area contributed by atoms with Crippen LogP contribution in [0, 0.1) is 30.9 Å². The van der Waals surface area contributed by atoms with Crippen molar-refractivity contribution in [1.29, 1.82) is 0 Å². The quantitative estimate of drug-likeness (QED) is 0.513. The molecule has 7 nitrogen and oxygen atoms in total. The highest BCUT2D eigenvalue weighted by Gasteiger charge is 2.20. The van der Waals surface area contributed by atoms with E-state index in [0.29, 0.717) is 22.6 Å². The van der Waals surface area contributed by atoms with Crippen molar-refractivity contribution in [2.45, 2.75) is 20.8 Å². The van der Waals surface area contributed by atoms with Gasteiger partial charge in [0.25, 0.3) is 11.6 Å². The van der Waals surface area contributed by atoms with Crippen molar-refractivity contribution in [2.24, 2.45) is 0 Å². The van der Waals surface area contributed by atoms with Gasteiger partial charge in [-0.1, -0.05) is 0 Å². The van der Waals surface area contributed by atoms with Crippen LogP contribution in [0.1, 0.15) is 27.4 Å². The molecule has 0 unspecified atom stereocenters. The van der Waals surface area contributed by atoms with Crippen LogP contribution in [0.15, 0.2) is 22.6 Å². The third kappa shape index (κ3) is 2.71. The fourth-order valence-electron chi connectivity index (χ4n) is 2.05. The molecule has 0 radical (unpaired) electrons. The summed E-state index contributed by atoms with van der Waals surface area (Å²) in [6.07, 6.45) is 0. The van der Waals surface area contributed by atoms with E-state index in [1.807, 2.05) is 0 Å². The number of nitrogens with zero attached hydrogens (tertiary/aromatic N) is 1. The number of phenolic OH excluding ortho intramolecular Hbond substituents is 1. The Balaban J connectivity index is 2.30. The Morgan fingerprint density at radius 3 is 2.43 bits per heavy atom. The second-order valence-electron chi connectivity index (χ2n) is 4.63. The summed E-state index contributed by atoms with van der Waals surface area (Å²) >= 11 is 0. The lowest BCUT2D eigenvalue weighted by Gasteiger charge is -2.07. The maximum absolute atomic E-state index is 12.2. The van der Waals surface area contributed by atoms with Gasteiger partial charge in [-0.2, -0.15) is 0 Å². The molecule has 2 N–H and O–H groups in total. The number of benzene rings is 1. The zero-order valence-corrected chi connectivity index (χ0v) is 11.8. The van der Waals surface area contributed by atoms with Crippen LogP contribution in [-0.4, -0.2) is 15.9 Å². The number of carbonyl (C=O) groups excluding carboxylic acids is 1. The van der Waals surface area contributed by atoms with E-state index >= 15 is 0 Å². The van der Waals surface area contributed by atoms with Crippen LogP contribution >= 0.6 is 0 Å². The van der Waals surface area contributed by atoms with Gasteiger partial charge in [-0.05, 0) is 26.8 Å². The third-order valence-electron chi connectivity index (χ3n) is 3.23. The van der Waals surface area contributed by atoms with Crippen molar-refractivity contribution in [3.63, 3.8) is 0 Å². The first-order chi connectivity index (χ1) is 9.81. The summed E-state index contributed by atoms with van der Waals surface area (Å²) in [6.45, 7) is 5.18. The normalized spacial score (nSPS) is 10.4. The van der Waals surface area contributed by atoms with E-state index in [1.54, 1.807) is 20.8 Å². The summed E-state index contributed by atoms with van der Waals surface area (Å²) in [5.74, 6) is 0.313. The molecule has 21 heavy (non-hydrogen) atoms. The molecule has 1 aromatic carbocycles. The average molecular weight is 290 g/mol. The highest BCUT2D eigenvalue weighted by molar-refractivity contribution is 6.06. The standard InChI is InChI=1S/C14H14N2O5/c1-7-8(2)21-9(3)13(7)14(18)15-11-5-4-10(16(19)20)6-12(11)17/h4-6,17H,1-3H3,(H,15,18). The van der Waals surface area contributed by atoms with Crippen LogP contribution < -0.4 is 5.32 Å². The molecule has 0 fully saturated rings. The number of nitro benzene ring substituents is 1. The van der Waals surface area contributed by atoms with Crippen molar-refractivity contribution in [3.8, 4) is 5.75 Å². The Morgan fingerprint density at radius 2 is 1.95 bits per heavy atom. The number of furan rings is 1. The van der Waals surface area contributed by atoms with E-state index in [-0.39, 0.29) is 17.1 Å². The van der Waals surface area contributed by atoms with Gasteiger partial charge < -0.3 is 14.8 Å². The maximum Gasteiger partial charge on any atom is 0.273 e. The lowest BCUT2D eigenvalue weighted by molar-refractivity contribution is -0.384. The van der Waals surface area contributed by atoms with Crippen molar-refractivity contribution < 1.29 is 19.2 Å². The van der Waals surface area contributed by atoms with Crippen molar-refractivity contribution in [1.82, 2.24) is 0 Å². The summed E-state index contributed by atoms with van der Waals surface area (Å²) in [6, 6.07) is 3.47. The fourth-order valence-corrected chi connectivity index (χ4v) is 2.05. The summed E-state index contributed by atoms with van der Waals surface area (Å²) < 4.78 is 5.37. The molecular weight excluding hydrogens is 276 g/mol. The van der Waals surface area contributed by atoms with Crippen molar-refractivity contribution in [2.75, 3.05) is 5.32 Å². The van der Waals surface area contributed by atoms with Crippen LogP contribution in [0.3, 0.4) is 0 Å². The van der Waals surface area contributed by atoms with Crippen LogP contribution in [0.4, 0.5) is 11.4 Å². The predicted octanol–water partition coefficient (Wildman–Crippen LogP) is 3.07. The maximum atomic E-state index is 12.2. The number of hydrogen-bond donors (Lipinski definition) is 2. The molecule has 2 rings (SSSR count). The summed E-state index contributed by atoms with van der Waals surface area (Å²) in [7, 11) is 0. The molecule has 1 aromatic heterocycles. The number of hydrogen-bond acceptors (Lipinski definition) is 5. The van der Waals surface area contributed by atoms with Gasteiger partial charge >= 0.3 is 0 Å². The molecule has 0 saturated heterocycles. The lowest BCUT2D eigenvalue weighted by atomic mass is 10.1. The zero-order chi connectivity index (χ0) is 15.7. The molecule has 0 aliphatic heterocycles. The van der Waals surface area contributed by atoms with Crippen LogP contribution in [0.2, 0.25) is 0 Å². The largest absolute Gasteiger partial charge is 0.506 e. The van der Waals surface area contributed by atoms with E-state index in [9.17, 15) is 20.0 Å². The Hall–Kier alpha value is -2.83. The molecule has 1 amide bonds. The van der Waals surface area contributed by atoms with E-state index in [1.165, 1.54) is 12.1 Å². The number of anilines is 1. The van der Waals surface area contributed by atoms with E-state index < -0.39 is 10.8 Å². The summed E-state index contributed by atoms with van der Waals surface area (Å²) in [5, 5.41) is 22.8. The molecule has 0 saturated carbocycles. The van der Waals surface area contributed by atoms with Crippen LogP contribution in [0.25, 0.3) is 0 Å². The molecule has 0 atom stereocenters. The predicted molar refractivity (Wildman–Crippen MR) is 75.6 cm³/mol. The first kappa shape index (κ1) is 14.6. The van der Waals surface area contributed by atoms with Gasteiger partial charge in [-0.3, -0.25) is 14.9 Å². The molecule has 7 heteroatoms. The van der Waals surface area contributed by atoms with Gasteiger partial charge in [-0.15, -0.1) is 0 Å². The van der Waals surface area contributed by atoms with Gasteiger partial charge in [0, 0.05) is 11.6 Å². The molecular formula is C14H14N2O5. The van der Waals surface area contributed by atoms with Crippen molar-refractivity contribution >= 4 is 17.3 Å². The van der Waals surface area contributed by atoms with Gasteiger partial charge in [0.15, 0.2) is 0 Å². The number of aryl methyl sites for hydroxylation is 2. The minimum Gasteiger partial charge on any atom is -0.506 e. The number of aromatic hydroxyl groups is 1. The number of phenols is 1. The van der Waals surface area contributed by atoms with Gasteiger partial charge in [0.05, 0.1) is 22.2 Å². The molecule has 0 spiro atoms. The second-order valence-corrected chi connectivity index (χ2v) is 4.63. The average Bonchev–Trinajstić information content (AvgIpc) is 2.65. The summed E-state index contributed by atoms with van der Waals surface area (Å²) in [5.41, 5.74) is 0.955. The van der Waals surface area contributed by atoms with E-state index in [2.05, 4.69) is 5.32 Å². The van der Waals surface area contributed by atoms with E-state index in [4.69, 9.17) is 4.42 Å². The smallest absolute Gasteiger partial charge is 0.273 e. The molecule has 0 aliphatic rings. The molecule has 110 valence electrons. The highest BCUT2D eigenvalue weighted by Crippen LogP contribution is 2.29. The lowest BCUT2D eigenvalue weighted by Crippen LogP contribution is -2.13. The molecule has 0 bridgehead atoms. The first-order valence-corrected chi connectivity index (χ1v) is 6.16. The minimum absolute atomic E-state index is 0.100. The van der Waals surface area contributed by atoms with Gasteiger partial charge in [-0.25, -0.2) is 0 Å². The zero-order valence-electron chi connectivity index (χ0n) is 11.8. The topological polar surface area (TPSA) is 106 Å². The summed E-state index contributed by atoms with van der Waals surface area (Å²) in [4.78, 5) is 22.2. The number of amides is 1. The van der Waals surface area contributed by atoms with Gasteiger partial charge in [0.2, 0.25) is 0 Å². The third-order valence-corrected chi connectivity index (χ3v) is 3.23. The molecule has 1 heterocycles. The Bertz CT molecular complexity index is 733. The Kier molecular flexibility index (Phi) is 3.66. The van der Waals surface area contributed by atoms with Crippen LogP contribution in [0.5, 0.6) is 5.75 Å². The second kappa shape index (κ2) is 5.28. The van der Waals surface area contributed by atoms with Crippen LogP contribution in [-0.2, 0) is 0 Å². The number of non-ortho nitro benzene ring substituents is 1. The Labute approximate surface area is 120 Å². The van der Waals surface area contributed by atoms with E-state index in [0.717, 1.165) is 6.07 Å². The Morgan fingerprint density at radius 1 is 1.29 bits per heavy atom. The SMILES string of the molecule is Cc1oc(C)c(C(=O)Nc2ccc([N+](=O)[O-])cc2O)c1C. The number of nitrogens with one attached hydrogen (secondary N) is 1. The minimum atomic E-state index is -0.626. The number of nitro groups is 1. The highest BCUT2D eigenvalue weighted by atomic mass is 16.6. The fraction of sp³-hybridized carbons (Fsp3) is 0.214. The number of carbonyl (C=O) groups is 1.